The van der Waals surface area contributed by atoms with Gasteiger partial charge in [0.05, 0.1) is 13.2 Å². The number of benzene rings is 2. The Hall–Kier alpha value is -2.20. The minimum atomic E-state index is -1.13. The van der Waals surface area contributed by atoms with Crippen LogP contribution in [-0.4, -0.2) is 54.6 Å². The van der Waals surface area contributed by atoms with Crippen LogP contribution in [0.3, 0.4) is 0 Å². The maximum atomic E-state index is 10.5. The minimum Gasteiger partial charge on any atom is -0.454 e. The van der Waals surface area contributed by atoms with Gasteiger partial charge in [-0.25, -0.2) is 0 Å². The summed E-state index contributed by atoms with van der Waals surface area (Å²) in [7, 11) is 0. The van der Waals surface area contributed by atoms with Crippen molar-refractivity contribution in [3.8, 4) is 11.5 Å². The predicted octanol–water partition coefficient (Wildman–Crippen LogP) is 2.28. The summed E-state index contributed by atoms with van der Waals surface area (Å²) in [4.78, 5) is 0. The molecule has 2 N–H and O–H groups in total. The zero-order valence-corrected chi connectivity index (χ0v) is 17.4. The quantitative estimate of drug-likeness (QED) is 0.763. The second-order valence-electron chi connectivity index (χ2n) is 8.08. The van der Waals surface area contributed by atoms with Crippen molar-refractivity contribution in [1.29, 1.82) is 0 Å². The van der Waals surface area contributed by atoms with Crippen LogP contribution in [0.25, 0.3) is 0 Å². The summed E-state index contributed by atoms with van der Waals surface area (Å²) in [5, 5.41) is 20.1. The van der Waals surface area contributed by atoms with Gasteiger partial charge in [-0.15, -0.1) is 0 Å². The molecule has 6 unspecified atom stereocenters. The fraction of sp³-hybridized carbons (Fsp3) is 0.478. The molecule has 2 fully saturated rings. The van der Waals surface area contributed by atoms with Gasteiger partial charge < -0.3 is 38.6 Å². The number of aryl methyl sites for hydroxylation is 2. The van der Waals surface area contributed by atoms with E-state index in [0.717, 1.165) is 11.1 Å². The van der Waals surface area contributed by atoms with Crippen molar-refractivity contribution in [3.05, 3.63) is 58.7 Å². The summed E-state index contributed by atoms with van der Waals surface area (Å²) < 4.78 is 35.1. The molecular weight excluding hydrogens is 404 g/mol. The Bertz CT molecular complexity index is 947. The van der Waals surface area contributed by atoms with Crippen LogP contribution >= 0.6 is 0 Å². The van der Waals surface area contributed by atoms with Crippen LogP contribution in [0, 0.1) is 13.8 Å². The number of ether oxygens (including phenoxy) is 6. The van der Waals surface area contributed by atoms with E-state index in [1.807, 2.05) is 38.1 Å². The molecule has 3 aliphatic heterocycles. The lowest BCUT2D eigenvalue weighted by Crippen LogP contribution is -2.58. The van der Waals surface area contributed by atoms with E-state index in [1.54, 1.807) is 12.1 Å². The lowest BCUT2D eigenvalue weighted by molar-refractivity contribution is -0.373. The summed E-state index contributed by atoms with van der Waals surface area (Å²) in [6.07, 6.45) is -4.38. The van der Waals surface area contributed by atoms with Crippen LogP contribution in [0.2, 0.25) is 0 Å². The normalized spacial score (nSPS) is 30.6. The third kappa shape index (κ3) is 3.91. The van der Waals surface area contributed by atoms with Gasteiger partial charge >= 0.3 is 0 Å². The van der Waals surface area contributed by atoms with E-state index in [1.165, 1.54) is 5.56 Å². The van der Waals surface area contributed by atoms with Crippen LogP contribution in [0.5, 0.6) is 11.5 Å². The van der Waals surface area contributed by atoms with E-state index in [0.29, 0.717) is 17.1 Å². The molecule has 3 aliphatic rings. The second kappa shape index (κ2) is 8.38. The summed E-state index contributed by atoms with van der Waals surface area (Å²) in [6.45, 7) is 4.06. The molecule has 0 radical (unpaired) electrons. The Balaban J connectivity index is 1.38. The third-order valence-electron chi connectivity index (χ3n) is 6.00. The molecule has 0 saturated carbocycles. The Morgan fingerprint density at radius 3 is 2.48 bits per heavy atom. The van der Waals surface area contributed by atoms with Crippen molar-refractivity contribution in [1.82, 2.24) is 0 Å². The number of aliphatic hydroxyl groups is 2. The molecule has 6 atom stereocenters. The second-order valence-corrected chi connectivity index (χ2v) is 8.08. The number of aliphatic hydroxyl groups excluding tert-OH is 2. The topological polar surface area (TPSA) is 95.8 Å². The summed E-state index contributed by atoms with van der Waals surface area (Å²) >= 11 is 0. The molecule has 0 aromatic heterocycles. The van der Waals surface area contributed by atoms with Crippen molar-refractivity contribution in [3.63, 3.8) is 0 Å². The number of fused-ring (bicyclic) bond motifs is 2. The van der Waals surface area contributed by atoms with Crippen LogP contribution in [-0.2, 0) is 18.9 Å². The molecule has 166 valence electrons. The summed E-state index contributed by atoms with van der Waals surface area (Å²) in [5.74, 6) is 1.27. The molecule has 0 amide bonds. The van der Waals surface area contributed by atoms with Gasteiger partial charge in [-0.2, -0.15) is 0 Å². The molecule has 0 aliphatic carbocycles. The van der Waals surface area contributed by atoms with Gasteiger partial charge in [-0.05, 0) is 43.2 Å². The molecule has 8 heteroatoms. The fourth-order valence-electron chi connectivity index (χ4n) is 4.08. The van der Waals surface area contributed by atoms with Crippen molar-refractivity contribution < 1.29 is 38.6 Å². The minimum absolute atomic E-state index is 0.170. The number of rotatable bonds is 4. The van der Waals surface area contributed by atoms with E-state index < -0.39 is 43.6 Å². The highest BCUT2D eigenvalue weighted by Crippen LogP contribution is 2.41. The van der Waals surface area contributed by atoms with E-state index in [-0.39, 0.29) is 13.4 Å². The molecule has 2 aromatic carbocycles. The van der Waals surface area contributed by atoms with Gasteiger partial charge in [-0.3, -0.25) is 0 Å². The Labute approximate surface area is 180 Å². The first kappa shape index (κ1) is 20.7. The van der Waals surface area contributed by atoms with E-state index in [9.17, 15) is 10.2 Å². The van der Waals surface area contributed by atoms with Crippen LogP contribution in [0.15, 0.2) is 36.4 Å². The summed E-state index contributed by atoms with van der Waals surface area (Å²) in [5.41, 5.74) is 3.92. The third-order valence-corrected chi connectivity index (χ3v) is 6.00. The Morgan fingerprint density at radius 1 is 0.903 bits per heavy atom. The van der Waals surface area contributed by atoms with Gasteiger partial charge in [0.2, 0.25) is 6.79 Å². The highest BCUT2D eigenvalue weighted by Gasteiger charge is 2.48. The number of hydrogen-bond donors (Lipinski definition) is 2. The fourth-order valence-corrected chi connectivity index (χ4v) is 4.08. The average molecular weight is 430 g/mol. The first-order valence-corrected chi connectivity index (χ1v) is 10.4. The van der Waals surface area contributed by atoms with E-state index >= 15 is 0 Å². The van der Waals surface area contributed by atoms with Crippen LogP contribution in [0.4, 0.5) is 0 Å². The van der Waals surface area contributed by atoms with Gasteiger partial charge in [0, 0.05) is 11.1 Å². The van der Waals surface area contributed by atoms with Crippen molar-refractivity contribution in [2.24, 2.45) is 0 Å². The zero-order valence-electron chi connectivity index (χ0n) is 17.4. The van der Waals surface area contributed by atoms with Gasteiger partial charge in [0.1, 0.15) is 24.4 Å². The SMILES string of the molecule is Cc1ccc(C2OCC3OC(c4ccc5c(c4)OCO5)OC(C(O)CO)C3O2)cc1C. The predicted molar refractivity (Wildman–Crippen MR) is 108 cm³/mol. The lowest BCUT2D eigenvalue weighted by atomic mass is 9.99. The van der Waals surface area contributed by atoms with Gasteiger partial charge in [0.25, 0.3) is 0 Å². The molecule has 0 bridgehead atoms. The zero-order chi connectivity index (χ0) is 21.5. The molecule has 8 nitrogen and oxygen atoms in total. The smallest absolute Gasteiger partial charge is 0.231 e. The largest absolute Gasteiger partial charge is 0.454 e. The van der Waals surface area contributed by atoms with Crippen LogP contribution in [0.1, 0.15) is 34.8 Å². The van der Waals surface area contributed by atoms with Crippen molar-refractivity contribution in [2.45, 2.75) is 50.8 Å². The first-order valence-electron chi connectivity index (χ1n) is 10.4. The van der Waals surface area contributed by atoms with Gasteiger partial charge in [-0.1, -0.05) is 18.2 Å². The average Bonchev–Trinajstić information content (AvgIpc) is 3.27. The molecule has 2 saturated heterocycles. The molecule has 2 aromatic rings. The lowest BCUT2D eigenvalue weighted by Gasteiger charge is -2.47. The van der Waals surface area contributed by atoms with Crippen LogP contribution < -0.4 is 9.47 Å². The van der Waals surface area contributed by atoms with Gasteiger partial charge in [0.15, 0.2) is 24.1 Å². The van der Waals surface area contributed by atoms with E-state index in [2.05, 4.69) is 0 Å². The Morgan fingerprint density at radius 2 is 1.68 bits per heavy atom. The van der Waals surface area contributed by atoms with Crippen molar-refractivity contribution >= 4 is 0 Å². The molecule has 3 heterocycles. The molecule has 0 spiro atoms. The summed E-state index contributed by atoms with van der Waals surface area (Å²) in [6, 6.07) is 11.4. The Kier molecular flexibility index (Phi) is 5.60. The standard InChI is InChI=1S/C23H26O8/c1-12-3-4-14(7-13(12)2)22-26-10-19-21(31-22)20(16(25)9-24)30-23(29-19)15-5-6-17-18(8-15)28-11-27-17/h3-8,16,19-25H,9-11H2,1-2H3. The number of hydrogen-bond acceptors (Lipinski definition) is 8. The highest BCUT2D eigenvalue weighted by molar-refractivity contribution is 5.45. The maximum absolute atomic E-state index is 10.5. The highest BCUT2D eigenvalue weighted by atomic mass is 16.8. The van der Waals surface area contributed by atoms with E-state index in [4.69, 9.17) is 28.4 Å². The molecule has 31 heavy (non-hydrogen) atoms. The molecule has 5 rings (SSSR count). The van der Waals surface area contributed by atoms with Crippen molar-refractivity contribution in [2.75, 3.05) is 20.0 Å². The maximum Gasteiger partial charge on any atom is 0.231 e. The molecular formula is C23H26O8. The first-order chi connectivity index (χ1) is 15.0. The monoisotopic (exact) mass is 430 g/mol.